The van der Waals surface area contributed by atoms with Crippen LogP contribution in [0.4, 0.5) is 11.4 Å². The summed E-state index contributed by atoms with van der Waals surface area (Å²) in [4.78, 5) is 10.3. The maximum atomic E-state index is 10.3. The van der Waals surface area contributed by atoms with Gasteiger partial charge in [0.2, 0.25) is 0 Å². The summed E-state index contributed by atoms with van der Waals surface area (Å²) in [5.41, 5.74) is 7.22. The number of methoxy groups -OCH3 is 1. The van der Waals surface area contributed by atoms with Gasteiger partial charge in [-0.25, -0.2) is 0 Å². The number of nitrogen functional groups attached to an aromatic ring is 1. The third kappa shape index (κ3) is 1.37. The van der Waals surface area contributed by atoms with Crippen molar-refractivity contribution in [2.75, 3.05) is 12.8 Å². The quantitative estimate of drug-likeness (QED) is 0.539. The van der Waals surface area contributed by atoms with Crippen LogP contribution in [0.5, 0.6) is 5.75 Å². The molecule has 0 saturated carbocycles. The molecular weight excluding hydrogens is 156 g/mol. The molecule has 1 aromatic carbocycles. The first-order valence-corrected chi connectivity index (χ1v) is 3.46. The zero-order chi connectivity index (χ0) is 9.14. The molecule has 0 saturated heterocycles. The van der Waals surface area contributed by atoms with E-state index in [4.69, 9.17) is 10.5 Å². The topological polar surface area (TPSA) is 64.7 Å². The first kappa shape index (κ1) is 8.52. The third-order valence-electron chi connectivity index (χ3n) is 1.65. The summed E-state index contributed by atoms with van der Waals surface area (Å²) in [5.74, 6) is 0.482. The molecule has 1 rings (SSSR count). The molecule has 64 valence electrons. The lowest BCUT2D eigenvalue weighted by atomic mass is 10.1. The molecule has 0 radical (unpaired) electrons. The first-order chi connectivity index (χ1) is 5.69. The van der Waals surface area contributed by atoms with Gasteiger partial charge >= 0.3 is 0 Å². The van der Waals surface area contributed by atoms with Gasteiger partial charge in [-0.2, -0.15) is 0 Å². The minimum Gasteiger partial charge on any atom is -0.495 e. The fourth-order valence-corrected chi connectivity index (χ4v) is 0.975. The zero-order valence-electron chi connectivity index (χ0n) is 7.00. The molecule has 1 aromatic rings. The van der Waals surface area contributed by atoms with Crippen molar-refractivity contribution in [1.29, 1.82) is 0 Å². The Bertz CT molecular complexity index is 310. The second kappa shape index (κ2) is 3.21. The Kier molecular flexibility index (Phi) is 2.28. The van der Waals surface area contributed by atoms with Gasteiger partial charge in [0.15, 0.2) is 0 Å². The van der Waals surface area contributed by atoms with Crippen LogP contribution in [0.3, 0.4) is 0 Å². The van der Waals surface area contributed by atoms with Crippen molar-refractivity contribution in [2.24, 2.45) is 5.18 Å². The number of nitroso groups, excluding NO2 is 1. The van der Waals surface area contributed by atoms with Crippen LogP contribution < -0.4 is 10.5 Å². The Morgan fingerprint density at radius 3 is 2.67 bits per heavy atom. The van der Waals surface area contributed by atoms with Gasteiger partial charge in [-0.1, -0.05) is 0 Å². The lowest BCUT2D eigenvalue weighted by Gasteiger charge is -2.05. The zero-order valence-corrected chi connectivity index (χ0v) is 7.00. The number of ether oxygens (including phenoxy) is 1. The van der Waals surface area contributed by atoms with E-state index in [1.54, 1.807) is 13.0 Å². The van der Waals surface area contributed by atoms with Crippen LogP contribution in [-0.2, 0) is 0 Å². The highest BCUT2D eigenvalue weighted by atomic mass is 16.5. The van der Waals surface area contributed by atoms with Crippen molar-refractivity contribution in [3.8, 4) is 5.75 Å². The highest BCUT2D eigenvalue weighted by Crippen LogP contribution is 2.30. The van der Waals surface area contributed by atoms with Gasteiger partial charge in [-0.15, -0.1) is 4.91 Å². The molecule has 0 bridgehead atoms. The Hall–Kier alpha value is -1.58. The summed E-state index contributed by atoms with van der Waals surface area (Å²) >= 11 is 0. The van der Waals surface area contributed by atoms with Crippen molar-refractivity contribution in [3.63, 3.8) is 0 Å². The van der Waals surface area contributed by atoms with Crippen molar-refractivity contribution >= 4 is 11.4 Å². The minimum atomic E-state index is 0.362. The number of aryl methyl sites for hydroxylation is 1. The van der Waals surface area contributed by atoms with Crippen LogP contribution in [0, 0.1) is 11.8 Å². The fraction of sp³-hybridized carbons (Fsp3) is 0.250. The number of nitrogens with two attached hydrogens (primary N) is 1. The average Bonchev–Trinajstić information content (AvgIpc) is 2.05. The van der Waals surface area contributed by atoms with E-state index < -0.39 is 0 Å². The van der Waals surface area contributed by atoms with Crippen molar-refractivity contribution in [1.82, 2.24) is 0 Å². The summed E-state index contributed by atoms with van der Waals surface area (Å²) in [7, 11) is 1.50. The van der Waals surface area contributed by atoms with Gasteiger partial charge in [0, 0.05) is 6.07 Å². The van der Waals surface area contributed by atoms with E-state index in [1.165, 1.54) is 13.2 Å². The molecule has 0 aliphatic carbocycles. The van der Waals surface area contributed by atoms with E-state index in [9.17, 15) is 4.91 Å². The number of nitrogens with zero attached hydrogens (tertiary/aromatic N) is 1. The van der Waals surface area contributed by atoms with Crippen molar-refractivity contribution in [3.05, 3.63) is 22.6 Å². The van der Waals surface area contributed by atoms with E-state index in [0.29, 0.717) is 17.1 Å². The molecule has 0 unspecified atom stereocenters. The van der Waals surface area contributed by atoms with Gasteiger partial charge in [0.25, 0.3) is 0 Å². The molecule has 0 atom stereocenters. The maximum absolute atomic E-state index is 10.3. The largest absolute Gasteiger partial charge is 0.495 e. The number of hydrogen-bond acceptors (Lipinski definition) is 4. The smallest absolute Gasteiger partial charge is 0.144 e. The standard InChI is InChI=1S/C8H10N2O2/c1-5-3-6(9)8(12-2)4-7(5)10-11/h3-4H,9H2,1-2H3. The highest BCUT2D eigenvalue weighted by molar-refractivity contribution is 5.63. The van der Waals surface area contributed by atoms with Crippen LogP contribution in [0.15, 0.2) is 17.3 Å². The molecule has 2 N–H and O–H groups in total. The first-order valence-electron chi connectivity index (χ1n) is 3.46. The number of hydrogen-bond donors (Lipinski definition) is 1. The Labute approximate surface area is 70.3 Å². The molecule has 0 aliphatic heterocycles. The van der Waals surface area contributed by atoms with E-state index in [2.05, 4.69) is 5.18 Å². The Morgan fingerprint density at radius 2 is 2.17 bits per heavy atom. The number of rotatable bonds is 2. The van der Waals surface area contributed by atoms with E-state index >= 15 is 0 Å². The van der Waals surface area contributed by atoms with Crippen molar-refractivity contribution < 1.29 is 4.74 Å². The van der Waals surface area contributed by atoms with Crippen LogP contribution in [0.2, 0.25) is 0 Å². The van der Waals surface area contributed by atoms with Crippen LogP contribution >= 0.6 is 0 Å². The molecule has 0 fully saturated rings. The fourth-order valence-electron chi connectivity index (χ4n) is 0.975. The summed E-state index contributed by atoms with van der Waals surface area (Å²) in [6, 6.07) is 3.19. The Balaban J connectivity index is 3.26. The lowest BCUT2D eigenvalue weighted by Crippen LogP contribution is -1.92. The minimum absolute atomic E-state index is 0.362. The maximum Gasteiger partial charge on any atom is 0.144 e. The van der Waals surface area contributed by atoms with E-state index in [-0.39, 0.29) is 0 Å². The number of benzene rings is 1. The molecule has 0 heterocycles. The molecule has 0 aromatic heterocycles. The van der Waals surface area contributed by atoms with Gasteiger partial charge in [0.1, 0.15) is 11.4 Å². The molecular formula is C8H10N2O2. The van der Waals surface area contributed by atoms with Gasteiger partial charge < -0.3 is 10.5 Å². The second-order valence-corrected chi connectivity index (χ2v) is 2.47. The lowest BCUT2D eigenvalue weighted by molar-refractivity contribution is 0.417. The van der Waals surface area contributed by atoms with Crippen LogP contribution in [0.1, 0.15) is 5.56 Å². The molecule has 4 heteroatoms. The highest BCUT2D eigenvalue weighted by Gasteiger charge is 2.04. The second-order valence-electron chi connectivity index (χ2n) is 2.47. The monoisotopic (exact) mass is 166 g/mol. The average molecular weight is 166 g/mol. The molecule has 4 nitrogen and oxygen atoms in total. The summed E-state index contributed by atoms with van der Waals surface area (Å²) in [5, 5.41) is 2.83. The van der Waals surface area contributed by atoms with Gasteiger partial charge in [0.05, 0.1) is 12.8 Å². The predicted octanol–water partition coefficient (Wildman–Crippen LogP) is 1.98. The van der Waals surface area contributed by atoms with E-state index in [0.717, 1.165) is 5.56 Å². The van der Waals surface area contributed by atoms with Crippen molar-refractivity contribution in [2.45, 2.75) is 6.92 Å². The predicted molar refractivity (Wildman–Crippen MR) is 47.6 cm³/mol. The SMILES string of the molecule is COc1cc(N=O)c(C)cc1N. The summed E-state index contributed by atoms with van der Waals surface area (Å²) < 4.78 is 4.92. The van der Waals surface area contributed by atoms with Gasteiger partial charge in [-0.3, -0.25) is 0 Å². The van der Waals surface area contributed by atoms with Crippen LogP contribution in [0.25, 0.3) is 0 Å². The molecule has 0 amide bonds. The summed E-state index contributed by atoms with van der Waals surface area (Å²) in [6.07, 6.45) is 0. The Morgan fingerprint density at radius 1 is 1.50 bits per heavy atom. The number of anilines is 1. The normalized spacial score (nSPS) is 9.50. The van der Waals surface area contributed by atoms with E-state index in [1.807, 2.05) is 0 Å². The summed E-state index contributed by atoms with van der Waals surface area (Å²) in [6.45, 7) is 1.77. The molecule has 0 spiro atoms. The van der Waals surface area contributed by atoms with Crippen LogP contribution in [-0.4, -0.2) is 7.11 Å². The van der Waals surface area contributed by atoms with Gasteiger partial charge in [-0.05, 0) is 23.7 Å². The third-order valence-corrected chi connectivity index (χ3v) is 1.65. The molecule has 12 heavy (non-hydrogen) atoms. The molecule has 0 aliphatic rings.